The Balaban J connectivity index is 1.22. The van der Waals surface area contributed by atoms with Crippen LogP contribution in [0.4, 0.5) is 14.7 Å². The Hall–Kier alpha value is -5.74. The van der Waals surface area contributed by atoms with Crippen LogP contribution in [-0.2, 0) is 11.3 Å². The number of carbonyl (C=O) groups excluding carboxylic acids is 2. The molecule has 0 spiro atoms. The largest absolute Gasteiger partial charge is 0.455 e. The SMILES string of the molecule is CNC(=O)c1c(-c2ccc(F)cc2)oc2ccc(-c3cc(C(=O)N(c4ncccn4)C4CC(OCc5ccccc5)C4)ccc3C)c(F)c12. The molecule has 0 unspecified atom stereocenters. The van der Waals surface area contributed by atoms with Crippen molar-refractivity contribution < 1.29 is 27.5 Å². The van der Waals surface area contributed by atoms with E-state index in [2.05, 4.69) is 15.3 Å². The molecule has 0 saturated heterocycles. The van der Waals surface area contributed by atoms with Gasteiger partial charge in [0.15, 0.2) is 0 Å². The average molecular weight is 659 g/mol. The van der Waals surface area contributed by atoms with E-state index in [4.69, 9.17) is 9.15 Å². The Kier molecular flexibility index (Phi) is 8.71. The van der Waals surface area contributed by atoms with E-state index in [0.29, 0.717) is 36.1 Å². The van der Waals surface area contributed by atoms with E-state index in [1.54, 1.807) is 53.7 Å². The summed E-state index contributed by atoms with van der Waals surface area (Å²) in [5.74, 6) is -1.62. The monoisotopic (exact) mass is 658 g/mol. The van der Waals surface area contributed by atoms with E-state index >= 15 is 4.39 Å². The second kappa shape index (κ2) is 13.4. The maximum atomic E-state index is 16.6. The van der Waals surface area contributed by atoms with Crippen molar-refractivity contribution in [2.45, 2.75) is 38.5 Å². The Morgan fingerprint density at radius 2 is 1.65 bits per heavy atom. The molecule has 10 heteroatoms. The first-order valence-electron chi connectivity index (χ1n) is 15.9. The lowest BCUT2D eigenvalue weighted by atomic mass is 9.87. The highest BCUT2D eigenvalue weighted by Gasteiger charge is 2.39. The summed E-state index contributed by atoms with van der Waals surface area (Å²) in [5.41, 5.74) is 3.37. The molecule has 1 aliphatic rings. The Morgan fingerprint density at radius 3 is 2.37 bits per heavy atom. The third-order valence-electron chi connectivity index (χ3n) is 8.88. The molecule has 4 aromatic carbocycles. The lowest BCUT2D eigenvalue weighted by molar-refractivity contribution is -0.0200. The van der Waals surface area contributed by atoms with E-state index in [-0.39, 0.29) is 51.9 Å². The van der Waals surface area contributed by atoms with Gasteiger partial charge in [0.1, 0.15) is 23.0 Å². The second-order valence-electron chi connectivity index (χ2n) is 12.0. The lowest BCUT2D eigenvalue weighted by Gasteiger charge is -2.41. The van der Waals surface area contributed by atoms with Crippen molar-refractivity contribution in [1.82, 2.24) is 15.3 Å². The maximum absolute atomic E-state index is 16.6. The van der Waals surface area contributed by atoms with Crippen molar-refractivity contribution in [2.24, 2.45) is 0 Å². The van der Waals surface area contributed by atoms with Gasteiger partial charge in [-0.2, -0.15) is 0 Å². The Bertz CT molecular complexity index is 2150. The zero-order chi connectivity index (χ0) is 34.1. The van der Waals surface area contributed by atoms with Crippen LogP contribution in [0.25, 0.3) is 33.4 Å². The molecule has 2 aromatic heterocycles. The fraction of sp³-hybridized carbons (Fsp3) is 0.179. The Morgan fingerprint density at radius 1 is 0.918 bits per heavy atom. The number of aromatic nitrogens is 2. The summed E-state index contributed by atoms with van der Waals surface area (Å²) in [6.07, 6.45) is 4.37. The van der Waals surface area contributed by atoms with Gasteiger partial charge in [0.2, 0.25) is 5.95 Å². The van der Waals surface area contributed by atoms with Crippen LogP contribution in [0.3, 0.4) is 0 Å². The van der Waals surface area contributed by atoms with Gasteiger partial charge in [0.25, 0.3) is 11.8 Å². The number of nitrogens with one attached hydrogen (secondary N) is 1. The van der Waals surface area contributed by atoms with Crippen molar-refractivity contribution in [1.29, 1.82) is 0 Å². The first-order chi connectivity index (χ1) is 23.8. The van der Waals surface area contributed by atoms with E-state index in [9.17, 15) is 14.0 Å². The molecule has 7 rings (SSSR count). The molecule has 1 N–H and O–H groups in total. The van der Waals surface area contributed by atoms with Crippen LogP contribution >= 0.6 is 0 Å². The summed E-state index contributed by atoms with van der Waals surface area (Å²) < 4.78 is 42.4. The van der Waals surface area contributed by atoms with E-state index in [0.717, 1.165) is 11.1 Å². The minimum atomic E-state index is -0.679. The molecule has 1 fully saturated rings. The van der Waals surface area contributed by atoms with Crippen molar-refractivity contribution in [3.8, 4) is 22.5 Å². The topological polar surface area (TPSA) is 97.6 Å². The van der Waals surface area contributed by atoms with Crippen LogP contribution in [0.15, 0.2) is 108 Å². The highest BCUT2D eigenvalue weighted by atomic mass is 19.1. The van der Waals surface area contributed by atoms with E-state index < -0.39 is 17.5 Å². The quantitative estimate of drug-likeness (QED) is 0.170. The summed E-state index contributed by atoms with van der Waals surface area (Å²) >= 11 is 0. The van der Waals surface area contributed by atoms with Crippen LogP contribution < -0.4 is 10.2 Å². The number of nitrogens with zero attached hydrogens (tertiary/aromatic N) is 3. The molecule has 1 aliphatic carbocycles. The van der Waals surface area contributed by atoms with Gasteiger partial charge in [-0.15, -0.1) is 0 Å². The van der Waals surface area contributed by atoms with Crippen LogP contribution in [0, 0.1) is 18.6 Å². The van der Waals surface area contributed by atoms with Crippen LogP contribution in [0.1, 0.15) is 44.7 Å². The molecule has 0 bridgehead atoms. The van der Waals surface area contributed by atoms with Gasteiger partial charge >= 0.3 is 0 Å². The van der Waals surface area contributed by atoms with Crippen LogP contribution in [0.2, 0.25) is 0 Å². The predicted molar refractivity (Wildman–Crippen MR) is 182 cm³/mol. The smallest absolute Gasteiger partial charge is 0.260 e. The van der Waals surface area contributed by atoms with Crippen LogP contribution in [-0.4, -0.2) is 41.0 Å². The fourth-order valence-corrected chi connectivity index (χ4v) is 6.20. The van der Waals surface area contributed by atoms with E-state index in [1.807, 2.05) is 37.3 Å². The first kappa shape index (κ1) is 31.8. The summed E-state index contributed by atoms with van der Waals surface area (Å²) in [6.45, 7) is 2.31. The van der Waals surface area contributed by atoms with Gasteiger partial charge in [0.05, 0.1) is 23.7 Å². The van der Waals surface area contributed by atoms with Crippen LogP contribution in [0.5, 0.6) is 0 Å². The van der Waals surface area contributed by atoms with Crippen molar-refractivity contribution in [3.05, 3.63) is 137 Å². The molecular formula is C39H32F2N4O4. The minimum Gasteiger partial charge on any atom is -0.455 e. The standard InChI is InChI=1S/C39H32F2N4O4/c1-23-9-10-26(38(47)45(39-43-17-6-18-44-39)28-20-29(21-28)48-22-24-7-4-3-5-8-24)19-31(23)30-15-16-32-33(35(30)41)34(37(46)42-2)36(49-32)25-11-13-27(40)14-12-25/h3-19,28-29H,20-22H2,1-2H3,(H,42,46). The fourth-order valence-electron chi connectivity index (χ4n) is 6.20. The molecule has 0 atom stereocenters. The summed E-state index contributed by atoms with van der Waals surface area (Å²) in [5, 5.41) is 2.55. The van der Waals surface area contributed by atoms with Gasteiger partial charge in [-0.1, -0.05) is 36.4 Å². The molecule has 8 nitrogen and oxygen atoms in total. The number of ether oxygens (including phenoxy) is 1. The van der Waals surface area contributed by atoms with Gasteiger partial charge in [-0.05, 0) is 91.1 Å². The molecule has 2 amide bonds. The molecule has 49 heavy (non-hydrogen) atoms. The van der Waals surface area contributed by atoms with Crippen molar-refractivity contribution in [3.63, 3.8) is 0 Å². The number of carbonyl (C=O) groups is 2. The third-order valence-corrected chi connectivity index (χ3v) is 8.88. The lowest BCUT2D eigenvalue weighted by Crippen LogP contribution is -2.51. The molecule has 0 radical (unpaired) electrons. The molecule has 246 valence electrons. The number of hydrogen-bond acceptors (Lipinski definition) is 6. The summed E-state index contributed by atoms with van der Waals surface area (Å²) in [6, 6.07) is 25.1. The van der Waals surface area contributed by atoms with Crippen molar-refractivity contribution in [2.75, 3.05) is 11.9 Å². The van der Waals surface area contributed by atoms with Gasteiger partial charge in [-0.25, -0.2) is 18.7 Å². The number of halogens is 2. The zero-order valence-corrected chi connectivity index (χ0v) is 26.8. The molecule has 1 saturated carbocycles. The maximum Gasteiger partial charge on any atom is 0.260 e. The normalized spacial score (nSPS) is 15.5. The van der Waals surface area contributed by atoms with Gasteiger partial charge in [0, 0.05) is 42.2 Å². The minimum absolute atomic E-state index is 0.00485. The summed E-state index contributed by atoms with van der Waals surface area (Å²) in [4.78, 5) is 37.7. The molecule has 0 aliphatic heterocycles. The number of rotatable bonds is 9. The average Bonchev–Trinajstić information content (AvgIpc) is 3.51. The van der Waals surface area contributed by atoms with Gasteiger partial charge in [-0.3, -0.25) is 14.5 Å². The second-order valence-corrected chi connectivity index (χ2v) is 12.0. The highest BCUT2D eigenvalue weighted by molar-refractivity contribution is 6.12. The number of aryl methyl sites for hydroxylation is 1. The third kappa shape index (κ3) is 6.18. The predicted octanol–water partition coefficient (Wildman–Crippen LogP) is 7.90. The van der Waals surface area contributed by atoms with Gasteiger partial charge < -0.3 is 14.5 Å². The highest BCUT2D eigenvalue weighted by Crippen LogP contribution is 2.40. The number of benzene rings is 4. The Labute approximate surface area is 281 Å². The van der Waals surface area contributed by atoms with Crippen molar-refractivity contribution >= 4 is 28.7 Å². The number of anilines is 1. The molecule has 6 aromatic rings. The number of amides is 2. The molecule has 2 heterocycles. The molecular weight excluding hydrogens is 626 g/mol. The number of furan rings is 1. The zero-order valence-electron chi connectivity index (χ0n) is 26.8. The number of hydrogen-bond donors (Lipinski definition) is 1. The van der Waals surface area contributed by atoms with E-state index in [1.165, 1.54) is 31.3 Å². The first-order valence-corrected chi connectivity index (χ1v) is 15.9. The summed E-state index contributed by atoms with van der Waals surface area (Å²) in [7, 11) is 1.44. The number of fused-ring (bicyclic) bond motifs is 1.